The van der Waals surface area contributed by atoms with Crippen molar-refractivity contribution in [3.63, 3.8) is 0 Å². The Bertz CT molecular complexity index is 213. The third-order valence-electron chi connectivity index (χ3n) is 2.45. The molecule has 2 unspecified atom stereocenters. The average molecular weight is 228 g/mol. The zero-order valence-corrected chi connectivity index (χ0v) is 8.33. The van der Waals surface area contributed by atoms with E-state index in [0.29, 0.717) is 6.42 Å². The van der Waals surface area contributed by atoms with Crippen molar-refractivity contribution in [3.8, 4) is 0 Å². The second-order valence-corrected chi connectivity index (χ2v) is 3.59. The third kappa shape index (κ3) is 3.04. The second-order valence-electron chi connectivity index (χ2n) is 3.59. The average Bonchev–Trinajstić information content (AvgIpc) is 2.16. The minimum Gasteiger partial charge on any atom is -0.354 e. The molecule has 0 aromatic rings. The van der Waals surface area contributed by atoms with Crippen molar-refractivity contribution in [2.75, 3.05) is 7.11 Å². The minimum atomic E-state index is -4.45. The molecule has 7 heteroatoms. The summed E-state index contributed by atoms with van der Waals surface area (Å²) in [6.07, 6.45) is -5.73. The molecule has 1 rings (SSSR count). The summed E-state index contributed by atoms with van der Waals surface area (Å²) >= 11 is 0. The van der Waals surface area contributed by atoms with Gasteiger partial charge in [-0.2, -0.15) is 13.2 Å². The molecule has 0 aromatic heterocycles. The van der Waals surface area contributed by atoms with E-state index in [0.717, 1.165) is 0 Å². The molecule has 1 aliphatic heterocycles. The molecule has 0 saturated carbocycles. The first kappa shape index (κ1) is 12.7. The number of nitrogens with two attached hydrogens (primary N) is 2. The lowest BCUT2D eigenvalue weighted by Crippen LogP contribution is -2.55. The van der Waals surface area contributed by atoms with Gasteiger partial charge >= 0.3 is 6.18 Å². The molecule has 4 nitrogen and oxygen atoms in total. The van der Waals surface area contributed by atoms with Gasteiger partial charge in [-0.05, 0) is 12.8 Å². The predicted octanol–water partition coefficient (Wildman–Crippen LogP) is 0.355. The highest BCUT2D eigenvalue weighted by molar-refractivity contribution is 4.86. The van der Waals surface area contributed by atoms with Gasteiger partial charge in [0.15, 0.2) is 6.29 Å². The molecule has 0 aliphatic carbocycles. The zero-order valence-electron chi connectivity index (χ0n) is 8.33. The van der Waals surface area contributed by atoms with E-state index in [1.165, 1.54) is 7.11 Å². The quantitative estimate of drug-likeness (QED) is 0.715. The van der Waals surface area contributed by atoms with Crippen LogP contribution in [0.3, 0.4) is 0 Å². The lowest BCUT2D eigenvalue weighted by molar-refractivity contribution is -0.234. The number of ether oxygens (including phenoxy) is 2. The number of hydrogen-bond acceptors (Lipinski definition) is 4. The van der Waals surface area contributed by atoms with Crippen molar-refractivity contribution in [1.82, 2.24) is 0 Å². The Morgan fingerprint density at radius 2 is 2.00 bits per heavy atom. The van der Waals surface area contributed by atoms with Crippen LogP contribution in [0.4, 0.5) is 13.2 Å². The molecule has 0 bridgehead atoms. The van der Waals surface area contributed by atoms with Gasteiger partial charge in [0.05, 0.1) is 12.1 Å². The highest BCUT2D eigenvalue weighted by Gasteiger charge is 2.45. The molecule has 90 valence electrons. The third-order valence-corrected chi connectivity index (χ3v) is 2.45. The van der Waals surface area contributed by atoms with E-state index in [4.69, 9.17) is 20.9 Å². The van der Waals surface area contributed by atoms with Crippen LogP contribution in [-0.2, 0) is 9.47 Å². The summed E-state index contributed by atoms with van der Waals surface area (Å²) < 4.78 is 46.7. The molecular formula is C8H15F3N2O2. The number of rotatable bonds is 2. The topological polar surface area (TPSA) is 70.5 Å². The molecular weight excluding hydrogens is 213 g/mol. The molecule has 1 heterocycles. The fraction of sp³-hybridized carbons (Fsp3) is 1.00. The molecule has 1 saturated heterocycles. The van der Waals surface area contributed by atoms with Gasteiger partial charge in [0.2, 0.25) is 0 Å². The van der Waals surface area contributed by atoms with Crippen molar-refractivity contribution in [3.05, 3.63) is 0 Å². The smallest absolute Gasteiger partial charge is 0.354 e. The monoisotopic (exact) mass is 228 g/mol. The van der Waals surface area contributed by atoms with Gasteiger partial charge in [0.1, 0.15) is 6.04 Å². The lowest BCUT2D eigenvalue weighted by atomic mass is 9.99. The van der Waals surface area contributed by atoms with Crippen LogP contribution >= 0.6 is 0 Å². The Morgan fingerprint density at radius 1 is 1.40 bits per heavy atom. The van der Waals surface area contributed by atoms with Gasteiger partial charge in [-0.1, -0.05) is 0 Å². The summed E-state index contributed by atoms with van der Waals surface area (Å²) in [4.78, 5) is 0. The van der Waals surface area contributed by atoms with E-state index in [1.54, 1.807) is 0 Å². The molecule has 0 aromatic carbocycles. The predicted molar refractivity (Wildman–Crippen MR) is 46.9 cm³/mol. The molecule has 0 radical (unpaired) electrons. The van der Waals surface area contributed by atoms with E-state index >= 15 is 0 Å². The molecule has 15 heavy (non-hydrogen) atoms. The lowest BCUT2D eigenvalue weighted by Gasteiger charge is -2.36. The first-order valence-electron chi connectivity index (χ1n) is 4.62. The van der Waals surface area contributed by atoms with Crippen molar-refractivity contribution in [1.29, 1.82) is 0 Å². The molecule has 1 fully saturated rings. The summed E-state index contributed by atoms with van der Waals surface area (Å²) in [5, 5.41) is 0. The number of alkyl halides is 3. The molecule has 4 atom stereocenters. The summed E-state index contributed by atoms with van der Waals surface area (Å²) in [7, 11) is 1.34. The van der Waals surface area contributed by atoms with Crippen LogP contribution in [-0.4, -0.2) is 37.8 Å². The summed E-state index contributed by atoms with van der Waals surface area (Å²) in [5.74, 6) is 0. The van der Waals surface area contributed by atoms with Crippen LogP contribution in [0.25, 0.3) is 0 Å². The van der Waals surface area contributed by atoms with Crippen molar-refractivity contribution in [2.45, 2.75) is 43.5 Å². The standard InChI is InChI=1S/C8H15F3N2O2/c1-14-7-4(12)2-3-5(15-7)6(13)8(9,10)11/h4-7H,2-3,12-13H2,1H3/t4-,5?,6?,7+/m1/s1. The number of methoxy groups -OCH3 is 1. The molecule has 0 amide bonds. The SMILES string of the molecule is CO[C@H]1OC(C(N)C(F)(F)F)CC[C@H]1N. The summed E-state index contributed by atoms with van der Waals surface area (Å²) in [6, 6.07) is -2.38. The Hall–Kier alpha value is -0.370. The van der Waals surface area contributed by atoms with E-state index in [1.807, 2.05) is 0 Å². The van der Waals surface area contributed by atoms with Gasteiger partial charge in [-0.25, -0.2) is 0 Å². The van der Waals surface area contributed by atoms with Crippen LogP contribution in [0.1, 0.15) is 12.8 Å². The van der Waals surface area contributed by atoms with Gasteiger partial charge in [0, 0.05) is 7.11 Å². The fourth-order valence-corrected chi connectivity index (χ4v) is 1.54. The van der Waals surface area contributed by atoms with Crippen molar-refractivity contribution >= 4 is 0 Å². The highest BCUT2D eigenvalue weighted by atomic mass is 19.4. The van der Waals surface area contributed by atoms with E-state index in [-0.39, 0.29) is 6.42 Å². The maximum atomic E-state index is 12.3. The van der Waals surface area contributed by atoms with Crippen LogP contribution < -0.4 is 11.5 Å². The van der Waals surface area contributed by atoms with Crippen molar-refractivity contribution in [2.24, 2.45) is 11.5 Å². The number of hydrogen-bond donors (Lipinski definition) is 2. The second kappa shape index (κ2) is 4.65. The Balaban J connectivity index is 2.58. The van der Waals surface area contributed by atoms with Crippen LogP contribution in [0.2, 0.25) is 0 Å². The summed E-state index contributed by atoms with van der Waals surface area (Å²) in [5.41, 5.74) is 10.6. The normalized spacial score (nSPS) is 35.2. The van der Waals surface area contributed by atoms with Crippen LogP contribution in [0, 0.1) is 0 Å². The molecule has 1 aliphatic rings. The van der Waals surface area contributed by atoms with Gasteiger partial charge in [-0.3, -0.25) is 0 Å². The minimum absolute atomic E-state index is 0.196. The molecule has 0 spiro atoms. The fourth-order valence-electron chi connectivity index (χ4n) is 1.54. The zero-order chi connectivity index (χ0) is 11.6. The van der Waals surface area contributed by atoms with Crippen LogP contribution in [0.15, 0.2) is 0 Å². The van der Waals surface area contributed by atoms with E-state index < -0.39 is 30.7 Å². The van der Waals surface area contributed by atoms with E-state index in [9.17, 15) is 13.2 Å². The Labute approximate surface area is 85.7 Å². The number of halogens is 3. The molecule has 4 N–H and O–H groups in total. The first-order chi connectivity index (χ1) is 6.86. The summed E-state index contributed by atoms with van der Waals surface area (Å²) in [6.45, 7) is 0. The Morgan fingerprint density at radius 3 is 2.47 bits per heavy atom. The first-order valence-corrected chi connectivity index (χ1v) is 4.62. The van der Waals surface area contributed by atoms with E-state index in [2.05, 4.69) is 0 Å². The van der Waals surface area contributed by atoms with Gasteiger partial charge in [0.25, 0.3) is 0 Å². The highest BCUT2D eigenvalue weighted by Crippen LogP contribution is 2.28. The largest absolute Gasteiger partial charge is 0.406 e. The van der Waals surface area contributed by atoms with Gasteiger partial charge in [-0.15, -0.1) is 0 Å². The Kier molecular flexibility index (Phi) is 3.93. The van der Waals surface area contributed by atoms with Crippen LogP contribution in [0.5, 0.6) is 0 Å². The van der Waals surface area contributed by atoms with Crippen molar-refractivity contribution < 1.29 is 22.6 Å². The maximum Gasteiger partial charge on any atom is 0.406 e. The maximum absolute atomic E-state index is 12.3. The van der Waals surface area contributed by atoms with Gasteiger partial charge < -0.3 is 20.9 Å².